The molecule has 1 saturated heterocycles. The highest BCUT2D eigenvalue weighted by Gasteiger charge is 2.35. The summed E-state index contributed by atoms with van der Waals surface area (Å²) in [6, 6.07) is 4.67. The molecule has 0 saturated carbocycles. The van der Waals surface area contributed by atoms with Gasteiger partial charge in [-0.3, -0.25) is 4.98 Å². The summed E-state index contributed by atoms with van der Waals surface area (Å²) in [5.74, 6) is 0.317. The van der Waals surface area contributed by atoms with Gasteiger partial charge in [-0.1, -0.05) is 0 Å². The minimum atomic E-state index is -4.54. The number of hydrogen-bond donors (Lipinski definition) is 1. The first-order chi connectivity index (χ1) is 13.4. The number of aliphatic hydroxyl groups is 1. The number of anilines is 1. The van der Waals surface area contributed by atoms with Crippen molar-refractivity contribution in [3.05, 3.63) is 36.3 Å². The molecule has 0 bridgehead atoms. The Labute approximate surface area is 162 Å². The van der Waals surface area contributed by atoms with Crippen LogP contribution in [-0.2, 0) is 6.18 Å². The summed E-state index contributed by atoms with van der Waals surface area (Å²) in [7, 11) is 2.02. The van der Waals surface area contributed by atoms with Crippen molar-refractivity contribution in [1.82, 2.24) is 19.9 Å². The Morgan fingerprint density at radius 1 is 1.25 bits per heavy atom. The number of halogens is 3. The van der Waals surface area contributed by atoms with Crippen molar-refractivity contribution in [2.45, 2.75) is 31.5 Å². The largest absolute Gasteiger partial charge is 0.433 e. The highest BCUT2D eigenvalue weighted by atomic mass is 19.4. The number of alkyl halides is 3. The van der Waals surface area contributed by atoms with Crippen LogP contribution < -0.4 is 4.90 Å². The molecular formula is C19H24F3N5O. The van der Waals surface area contributed by atoms with Gasteiger partial charge in [-0.15, -0.1) is 0 Å². The molecule has 0 amide bonds. The van der Waals surface area contributed by atoms with Gasteiger partial charge in [0.2, 0.25) is 0 Å². The molecule has 1 aliphatic heterocycles. The Balaban J connectivity index is 1.80. The molecule has 0 aliphatic carbocycles. The molecule has 152 valence electrons. The fourth-order valence-corrected chi connectivity index (χ4v) is 3.40. The molecular weight excluding hydrogens is 371 g/mol. The Kier molecular flexibility index (Phi) is 6.46. The van der Waals surface area contributed by atoms with Gasteiger partial charge < -0.3 is 14.9 Å². The van der Waals surface area contributed by atoms with E-state index in [4.69, 9.17) is 5.11 Å². The molecule has 0 atom stereocenters. The second-order valence-electron chi connectivity index (χ2n) is 6.95. The standard InChI is InChI=1S/C19H24F3N5O/c1-26(8-3-11-28)15-5-9-27(10-6-15)17-12-16(19(20,21)22)24-18(25-17)14-4-2-7-23-13-14/h2,4,7,12-13,15,28H,3,5-6,8-11H2,1H3. The first kappa shape index (κ1) is 20.5. The van der Waals surface area contributed by atoms with E-state index in [1.807, 2.05) is 11.9 Å². The van der Waals surface area contributed by atoms with Crippen molar-refractivity contribution in [3.63, 3.8) is 0 Å². The lowest BCUT2D eigenvalue weighted by Crippen LogP contribution is -2.44. The van der Waals surface area contributed by atoms with Crippen LogP contribution in [0.5, 0.6) is 0 Å². The Morgan fingerprint density at radius 2 is 2.00 bits per heavy atom. The molecule has 1 aliphatic rings. The van der Waals surface area contributed by atoms with Crippen LogP contribution in [0.25, 0.3) is 11.4 Å². The number of pyridine rings is 1. The van der Waals surface area contributed by atoms with E-state index in [0.29, 0.717) is 31.1 Å². The Hall–Kier alpha value is -2.26. The van der Waals surface area contributed by atoms with Crippen molar-refractivity contribution in [3.8, 4) is 11.4 Å². The van der Waals surface area contributed by atoms with Gasteiger partial charge in [-0.2, -0.15) is 13.2 Å². The summed E-state index contributed by atoms with van der Waals surface area (Å²) in [5, 5.41) is 8.97. The molecule has 3 heterocycles. The predicted octanol–water partition coefficient (Wildman–Crippen LogP) is 2.84. The predicted molar refractivity (Wildman–Crippen MR) is 99.8 cm³/mol. The molecule has 0 aromatic carbocycles. The highest BCUT2D eigenvalue weighted by Crippen LogP contribution is 2.32. The molecule has 9 heteroatoms. The zero-order valence-corrected chi connectivity index (χ0v) is 15.7. The zero-order chi connectivity index (χ0) is 20.1. The van der Waals surface area contributed by atoms with Crippen LogP contribution in [0.3, 0.4) is 0 Å². The van der Waals surface area contributed by atoms with E-state index in [9.17, 15) is 13.2 Å². The van der Waals surface area contributed by atoms with E-state index < -0.39 is 11.9 Å². The van der Waals surface area contributed by atoms with E-state index in [1.165, 1.54) is 6.20 Å². The molecule has 28 heavy (non-hydrogen) atoms. The summed E-state index contributed by atoms with van der Waals surface area (Å²) in [5.41, 5.74) is -0.494. The Bertz CT molecular complexity index is 764. The third-order valence-electron chi connectivity index (χ3n) is 5.00. The average molecular weight is 395 g/mol. The maximum Gasteiger partial charge on any atom is 0.433 e. The van der Waals surface area contributed by atoms with Gasteiger partial charge in [0.25, 0.3) is 0 Å². The minimum absolute atomic E-state index is 0.0279. The van der Waals surface area contributed by atoms with Gasteiger partial charge in [0, 0.05) is 56.3 Å². The van der Waals surface area contributed by atoms with Gasteiger partial charge in [0.1, 0.15) is 5.82 Å². The second-order valence-corrected chi connectivity index (χ2v) is 6.95. The maximum atomic E-state index is 13.4. The van der Waals surface area contributed by atoms with Crippen LogP contribution in [0.15, 0.2) is 30.6 Å². The third-order valence-corrected chi connectivity index (χ3v) is 5.00. The molecule has 6 nitrogen and oxygen atoms in total. The van der Waals surface area contributed by atoms with Crippen molar-refractivity contribution in [2.75, 3.05) is 38.2 Å². The van der Waals surface area contributed by atoms with Crippen LogP contribution >= 0.6 is 0 Å². The Morgan fingerprint density at radius 3 is 2.61 bits per heavy atom. The number of aromatic nitrogens is 3. The highest BCUT2D eigenvalue weighted by molar-refractivity contribution is 5.57. The fraction of sp³-hybridized carbons (Fsp3) is 0.526. The number of rotatable bonds is 6. The molecule has 1 N–H and O–H groups in total. The topological polar surface area (TPSA) is 65.4 Å². The van der Waals surface area contributed by atoms with Gasteiger partial charge in [-0.25, -0.2) is 9.97 Å². The van der Waals surface area contributed by atoms with Crippen LogP contribution in [-0.4, -0.2) is 64.3 Å². The molecule has 0 unspecified atom stereocenters. The van der Waals surface area contributed by atoms with Gasteiger partial charge in [-0.05, 0) is 38.4 Å². The van der Waals surface area contributed by atoms with E-state index in [1.54, 1.807) is 18.3 Å². The maximum absolute atomic E-state index is 13.4. The van der Waals surface area contributed by atoms with Crippen LogP contribution in [0.2, 0.25) is 0 Å². The van der Waals surface area contributed by atoms with E-state index in [-0.39, 0.29) is 18.2 Å². The zero-order valence-electron chi connectivity index (χ0n) is 15.7. The lowest BCUT2D eigenvalue weighted by molar-refractivity contribution is -0.141. The number of nitrogens with zero attached hydrogens (tertiary/aromatic N) is 5. The molecule has 3 rings (SSSR count). The minimum Gasteiger partial charge on any atom is -0.396 e. The molecule has 0 spiro atoms. The van der Waals surface area contributed by atoms with Crippen molar-refractivity contribution >= 4 is 5.82 Å². The van der Waals surface area contributed by atoms with Crippen molar-refractivity contribution in [1.29, 1.82) is 0 Å². The van der Waals surface area contributed by atoms with Gasteiger partial charge in [0.05, 0.1) is 0 Å². The van der Waals surface area contributed by atoms with Crippen LogP contribution in [0, 0.1) is 0 Å². The van der Waals surface area contributed by atoms with Crippen LogP contribution in [0.1, 0.15) is 25.0 Å². The lowest BCUT2D eigenvalue weighted by atomic mass is 10.0. The summed E-state index contributed by atoms with van der Waals surface area (Å²) in [4.78, 5) is 16.1. The molecule has 2 aromatic heterocycles. The van der Waals surface area contributed by atoms with Crippen LogP contribution in [0.4, 0.5) is 19.0 Å². The number of piperidine rings is 1. The summed E-state index contributed by atoms with van der Waals surface area (Å²) in [6.07, 6.45) is 0.840. The van der Waals surface area contributed by atoms with Crippen molar-refractivity contribution < 1.29 is 18.3 Å². The monoisotopic (exact) mass is 395 g/mol. The van der Waals surface area contributed by atoms with Gasteiger partial charge >= 0.3 is 6.18 Å². The van der Waals surface area contributed by atoms with Crippen molar-refractivity contribution in [2.24, 2.45) is 0 Å². The first-order valence-electron chi connectivity index (χ1n) is 9.31. The first-order valence-corrected chi connectivity index (χ1v) is 9.31. The number of aliphatic hydroxyl groups excluding tert-OH is 1. The molecule has 0 radical (unpaired) electrons. The SMILES string of the molecule is CN(CCCO)C1CCN(c2cc(C(F)(F)F)nc(-c3cccnc3)n2)CC1. The fourth-order valence-electron chi connectivity index (χ4n) is 3.40. The third kappa shape index (κ3) is 4.96. The summed E-state index contributed by atoms with van der Waals surface area (Å²) >= 11 is 0. The smallest absolute Gasteiger partial charge is 0.396 e. The summed E-state index contributed by atoms with van der Waals surface area (Å²) < 4.78 is 40.1. The molecule has 2 aromatic rings. The molecule has 1 fully saturated rings. The van der Waals surface area contributed by atoms with Gasteiger partial charge in [0.15, 0.2) is 11.5 Å². The van der Waals surface area contributed by atoms with E-state index >= 15 is 0 Å². The average Bonchev–Trinajstić information content (AvgIpc) is 2.72. The van der Waals surface area contributed by atoms with E-state index in [2.05, 4.69) is 19.9 Å². The summed E-state index contributed by atoms with van der Waals surface area (Å²) in [6.45, 7) is 2.20. The lowest BCUT2D eigenvalue weighted by Gasteiger charge is -2.37. The second kappa shape index (κ2) is 8.83. The quantitative estimate of drug-likeness (QED) is 0.812. The number of hydrogen-bond acceptors (Lipinski definition) is 6. The normalized spacial score (nSPS) is 16.0. The van der Waals surface area contributed by atoms with E-state index in [0.717, 1.165) is 25.5 Å².